The maximum Gasteiger partial charge on any atom is 0.255 e. The molecule has 1 heterocycles. The molecule has 28 heavy (non-hydrogen) atoms. The number of ether oxygens (including phenoxy) is 2. The molecule has 1 amide bonds. The molecular formula is C21H26Cl2N2O3. The number of halogens is 2. The van der Waals surface area contributed by atoms with E-state index >= 15 is 0 Å². The highest BCUT2D eigenvalue weighted by Gasteiger charge is 2.36. The van der Waals surface area contributed by atoms with E-state index in [0.29, 0.717) is 41.8 Å². The number of nitrogens with one attached hydrogen (secondary N) is 1. The molecule has 7 heteroatoms. The summed E-state index contributed by atoms with van der Waals surface area (Å²) in [5, 5.41) is 3.42. The number of hydrogen-bond acceptors (Lipinski definition) is 4. The first kappa shape index (κ1) is 22.3. The van der Waals surface area contributed by atoms with Gasteiger partial charge in [0.05, 0.1) is 23.4 Å². The second-order valence-electron chi connectivity index (χ2n) is 6.96. The Morgan fingerprint density at radius 3 is 2.61 bits per heavy atom. The third-order valence-corrected chi connectivity index (χ3v) is 5.64. The third kappa shape index (κ3) is 4.54. The standard InChI is InChI=1S/C21H25ClN2O3.ClH/c1-14-5-3-4-6-16(14)21(7-9-27-10-8-21)13-24-20(25)15-11-17(22)18(23)12-19(15)26-2;/h3-6,11-12H,7-10,13,23H2,1-2H3,(H,24,25);1H. The van der Waals surface area contributed by atoms with Crippen molar-refractivity contribution in [2.24, 2.45) is 0 Å². The molecule has 1 saturated heterocycles. The lowest BCUT2D eigenvalue weighted by molar-refractivity contribution is 0.0485. The number of carbonyl (C=O) groups is 1. The molecule has 0 unspecified atom stereocenters. The number of nitrogen functional groups attached to an aromatic ring is 1. The topological polar surface area (TPSA) is 73.6 Å². The van der Waals surface area contributed by atoms with Crippen LogP contribution in [0.15, 0.2) is 36.4 Å². The van der Waals surface area contributed by atoms with Gasteiger partial charge < -0.3 is 20.5 Å². The average molecular weight is 425 g/mol. The number of rotatable bonds is 5. The summed E-state index contributed by atoms with van der Waals surface area (Å²) < 4.78 is 10.9. The second-order valence-corrected chi connectivity index (χ2v) is 7.37. The first-order valence-electron chi connectivity index (χ1n) is 9.02. The van der Waals surface area contributed by atoms with Gasteiger partial charge in [-0.1, -0.05) is 35.9 Å². The van der Waals surface area contributed by atoms with Crippen molar-refractivity contribution in [1.29, 1.82) is 0 Å². The zero-order valence-corrected chi connectivity index (χ0v) is 17.7. The van der Waals surface area contributed by atoms with Gasteiger partial charge in [-0.15, -0.1) is 12.4 Å². The number of benzene rings is 2. The van der Waals surface area contributed by atoms with Gasteiger partial charge in [0.1, 0.15) is 5.75 Å². The first-order valence-corrected chi connectivity index (χ1v) is 9.40. The fraction of sp³-hybridized carbons (Fsp3) is 0.381. The molecule has 3 N–H and O–H groups in total. The lowest BCUT2D eigenvalue weighted by atomic mass is 9.72. The van der Waals surface area contributed by atoms with Crippen LogP contribution < -0.4 is 15.8 Å². The van der Waals surface area contributed by atoms with Gasteiger partial charge in [-0.05, 0) is 37.0 Å². The molecule has 1 aliphatic rings. The Hall–Kier alpha value is -1.95. The minimum Gasteiger partial charge on any atom is -0.496 e. The number of aryl methyl sites for hydroxylation is 1. The van der Waals surface area contributed by atoms with Gasteiger partial charge in [-0.3, -0.25) is 4.79 Å². The third-order valence-electron chi connectivity index (χ3n) is 5.32. The molecule has 0 aliphatic carbocycles. The van der Waals surface area contributed by atoms with Gasteiger partial charge in [-0.25, -0.2) is 0 Å². The van der Waals surface area contributed by atoms with E-state index < -0.39 is 0 Å². The van der Waals surface area contributed by atoms with Crippen LogP contribution in [0.2, 0.25) is 5.02 Å². The molecule has 2 aromatic carbocycles. The van der Waals surface area contributed by atoms with E-state index in [1.165, 1.54) is 18.2 Å². The molecule has 2 aromatic rings. The highest BCUT2D eigenvalue weighted by Crippen LogP contribution is 2.36. The molecule has 0 saturated carbocycles. The van der Waals surface area contributed by atoms with Gasteiger partial charge in [0, 0.05) is 31.2 Å². The van der Waals surface area contributed by atoms with Gasteiger partial charge >= 0.3 is 0 Å². The van der Waals surface area contributed by atoms with Crippen LogP contribution in [0.5, 0.6) is 5.75 Å². The van der Waals surface area contributed by atoms with Crippen molar-refractivity contribution < 1.29 is 14.3 Å². The van der Waals surface area contributed by atoms with Crippen molar-refractivity contribution in [3.63, 3.8) is 0 Å². The molecule has 152 valence electrons. The van der Waals surface area contributed by atoms with E-state index in [0.717, 1.165) is 12.8 Å². The summed E-state index contributed by atoms with van der Waals surface area (Å²) in [7, 11) is 1.51. The van der Waals surface area contributed by atoms with E-state index in [1.54, 1.807) is 12.1 Å². The van der Waals surface area contributed by atoms with E-state index in [2.05, 4.69) is 24.4 Å². The monoisotopic (exact) mass is 424 g/mol. The fourth-order valence-electron chi connectivity index (χ4n) is 3.73. The van der Waals surface area contributed by atoms with Crippen LogP contribution >= 0.6 is 24.0 Å². The Morgan fingerprint density at radius 1 is 1.29 bits per heavy atom. The summed E-state index contributed by atoms with van der Waals surface area (Å²) in [5.41, 5.74) is 8.91. The number of hydrogen-bond donors (Lipinski definition) is 2. The zero-order chi connectivity index (χ0) is 19.4. The molecule has 0 atom stereocenters. The van der Waals surface area contributed by atoms with Crippen LogP contribution in [0, 0.1) is 6.92 Å². The predicted octanol–water partition coefficient (Wildman–Crippen LogP) is 4.14. The number of nitrogens with two attached hydrogens (primary N) is 1. The summed E-state index contributed by atoms with van der Waals surface area (Å²) in [5.74, 6) is 0.180. The van der Waals surface area contributed by atoms with Crippen LogP contribution in [0.25, 0.3) is 0 Å². The highest BCUT2D eigenvalue weighted by molar-refractivity contribution is 6.33. The normalized spacial score (nSPS) is 15.4. The number of carbonyl (C=O) groups excluding carboxylic acids is 1. The Morgan fingerprint density at radius 2 is 1.96 bits per heavy atom. The minimum absolute atomic E-state index is 0. The smallest absolute Gasteiger partial charge is 0.255 e. The Kier molecular flexibility index (Phi) is 7.58. The van der Waals surface area contributed by atoms with Gasteiger partial charge in [0.15, 0.2) is 0 Å². The van der Waals surface area contributed by atoms with Crippen molar-refractivity contribution in [1.82, 2.24) is 5.32 Å². The van der Waals surface area contributed by atoms with Gasteiger partial charge in [0.2, 0.25) is 0 Å². The fourth-order valence-corrected chi connectivity index (χ4v) is 3.90. The van der Waals surface area contributed by atoms with Crippen LogP contribution in [0.3, 0.4) is 0 Å². The molecule has 0 aromatic heterocycles. The van der Waals surface area contributed by atoms with Crippen molar-refractivity contribution in [3.8, 4) is 5.75 Å². The Labute approximate surface area is 177 Å². The van der Waals surface area contributed by atoms with Gasteiger partial charge in [0.25, 0.3) is 5.91 Å². The molecule has 3 rings (SSSR count). The van der Waals surface area contributed by atoms with Crippen LogP contribution in [0.4, 0.5) is 5.69 Å². The lowest BCUT2D eigenvalue weighted by Gasteiger charge is -2.39. The Bertz CT molecular complexity index is 836. The van der Waals surface area contributed by atoms with E-state index in [-0.39, 0.29) is 23.7 Å². The first-order chi connectivity index (χ1) is 13.0. The predicted molar refractivity (Wildman–Crippen MR) is 115 cm³/mol. The Balaban J connectivity index is 0.00000280. The lowest BCUT2D eigenvalue weighted by Crippen LogP contribution is -2.45. The number of amides is 1. The van der Waals surface area contributed by atoms with E-state index in [1.807, 2.05) is 12.1 Å². The summed E-state index contributed by atoms with van der Waals surface area (Å²) in [6, 6.07) is 11.5. The molecular weight excluding hydrogens is 399 g/mol. The van der Waals surface area contributed by atoms with Crippen LogP contribution in [-0.2, 0) is 10.2 Å². The maximum absolute atomic E-state index is 12.9. The summed E-state index contributed by atoms with van der Waals surface area (Å²) >= 11 is 6.10. The molecule has 0 bridgehead atoms. The quantitative estimate of drug-likeness (QED) is 0.707. The molecule has 0 spiro atoms. The average Bonchev–Trinajstić information content (AvgIpc) is 2.69. The summed E-state index contributed by atoms with van der Waals surface area (Å²) in [6.07, 6.45) is 1.72. The van der Waals surface area contributed by atoms with Crippen molar-refractivity contribution in [2.45, 2.75) is 25.2 Å². The molecule has 5 nitrogen and oxygen atoms in total. The van der Waals surface area contributed by atoms with Crippen molar-refractivity contribution >= 4 is 35.6 Å². The number of methoxy groups -OCH3 is 1. The summed E-state index contributed by atoms with van der Waals surface area (Å²) in [4.78, 5) is 12.9. The molecule has 1 fully saturated rings. The second kappa shape index (κ2) is 9.50. The minimum atomic E-state index is -0.229. The van der Waals surface area contributed by atoms with Crippen molar-refractivity contribution in [3.05, 3.63) is 58.1 Å². The number of anilines is 1. The zero-order valence-electron chi connectivity index (χ0n) is 16.1. The summed E-state index contributed by atoms with van der Waals surface area (Å²) in [6.45, 7) is 3.99. The van der Waals surface area contributed by atoms with E-state index in [9.17, 15) is 4.79 Å². The largest absolute Gasteiger partial charge is 0.496 e. The maximum atomic E-state index is 12.9. The molecule has 0 radical (unpaired) electrons. The van der Waals surface area contributed by atoms with Crippen LogP contribution in [-0.4, -0.2) is 32.8 Å². The van der Waals surface area contributed by atoms with E-state index in [4.69, 9.17) is 26.8 Å². The SMILES string of the molecule is COc1cc(N)c(Cl)cc1C(=O)NCC1(c2ccccc2C)CCOCC1.Cl. The van der Waals surface area contributed by atoms with Crippen molar-refractivity contribution in [2.75, 3.05) is 32.6 Å². The highest BCUT2D eigenvalue weighted by atomic mass is 35.5. The molecule has 1 aliphatic heterocycles. The van der Waals surface area contributed by atoms with Crippen LogP contribution in [0.1, 0.15) is 34.3 Å². The van der Waals surface area contributed by atoms with Gasteiger partial charge in [-0.2, -0.15) is 0 Å².